The van der Waals surface area contributed by atoms with Crippen LogP contribution in [0.3, 0.4) is 0 Å². The highest BCUT2D eigenvalue weighted by Gasteiger charge is 2.20. The molecule has 0 radical (unpaired) electrons. The zero-order valence-electron chi connectivity index (χ0n) is 8.73. The standard InChI is InChI=1S/C13H15NO/c15-13-9-5-4-8-12(13)14-10-11-6-2-1-3-7-11/h1-3,6-7,10,12H,4-5,8-9H2. The van der Waals surface area contributed by atoms with Gasteiger partial charge in [-0.05, 0) is 18.4 Å². The molecule has 2 rings (SSSR count). The lowest BCUT2D eigenvalue weighted by Crippen LogP contribution is -2.22. The Labute approximate surface area is 90.0 Å². The lowest BCUT2D eigenvalue weighted by Gasteiger charge is -2.15. The molecule has 0 N–H and O–H groups in total. The van der Waals surface area contributed by atoms with Crippen molar-refractivity contribution in [2.75, 3.05) is 0 Å². The summed E-state index contributed by atoms with van der Waals surface area (Å²) in [5.74, 6) is 0.299. The minimum atomic E-state index is -0.0843. The predicted octanol–water partition coefficient (Wildman–Crippen LogP) is 2.62. The van der Waals surface area contributed by atoms with Crippen LogP contribution in [0.2, 0.25) is 0 Å². The number of rotatable bonds is 2. The Kier molecular flexibility index (Phi) is 3.28. The highest BCUT2D eigenvalue weighted by atomic mass is 16.1. The molecule has 1 aliphatic rings. The number of hydrogen-bond acceptors (Lipinski definition) is 2. The van der Waals surface area contributed by atoms with E-state index in [0.29, 0.717) is 12.2 Å². The van der Waals surface area contributed by atoms with E-state index in [4.69, 9.17) is 0 Å². The summed E-state index contributed by atoms with van der Waals surface area (Å²) in [7, 11) is 0. The average molecular weight is 201 g/mol. The molecular formula is C13H15NO. The molecule has 0 bridgehead atoms. The molecule has 1 unspecified atom stereocenters. The van der Waals surface area contributed by atoms with E-state index in [-0.39, 0.29) is 6.04 Å². The fraction of sp³-hybridized carbons (Fsp3) is 0.385. The fourth-order valence-corrected chi connectivity index (χ4v) is 1.84. The van der Waals surface area contributed by atoms with Crippen LogP contribution in [0.1, 0.15) is 31.2 Å². The van der Waals surface area contributed by atoms with Crippen molar-refractivity contribution in [1.29, 1.82) is 0 Å². The number of ketones is 1. The summed E-state index contributed by atoms with van der Waals surface area (Å²) < 4.78 is 0. The van der Waals surface area contributed by atoms with E-state index in [2.05, 4.69) is 4.99 Å². The molecule has 0 amide bonds. The molecule has 1 fully saturated rings. The SMILES string of the molecule is O=C1CCCCC1N=Cc1ccccc1. The second-order valence-electron chi connectivity index (χ2n) is 3.92. The first-order valence-electron chi connectivity index (χ1n) is 5.47. The van der Waals surface area contributed by atoms with E-state index in [1.54, 1.807) is 0 Å². The van der Waals surface area contributed by atoms with E-state index >= 15 is 0 Å². The second kappa shape index (κ2) is 4.87. The molecule has 78 valence electrons. The quantitative estimate of drug-likeness (QED) is 0.676. The lowest BCUT2D eigenvalue weighted by molar-refractivity contribution is -0.121. The van der Waals surface area contributed by atoms with Gasteiger partial charge in [-0.25, -0.2) is 0 Å². The molecule has 2 nitrogen and oxygen atoms in total. The molecule has 1 aromatic rings. The minimum absolute atomic E-state index is 0.0843. The third kappa shape index (κ3) is 2.75. The Bertz CT molecular complexity index is 356. The molecule has 1 aromatic carbocycles. The van der Waals surface area contributed by atoms with Gasteiger partial charge in [-0.1, -0.05) is 36.8 Å². The Morgan fingerprint density at radius 3 is 2.73 bits per heavy atom. The van der Waals surface area contributed by atoms with Gasteiger partial charge in [0.1, 0.15) is 6.04 Å². The van der Waals surface area contributed by atoms with Crippen LogP contribution in [-0.4, -0.2) is 18.0 Å². The van der Waals surface area contributed by atoms with Crippen molar-refractivity contribution < 1.29 is 4.79 Å². The van der Waals surface area contributed by atoms with Crippen molar-refractivity contribution in [3.05, 3.63) is 35.9 Å². The fourth-order valence-electron chi connectivity index (χ4n) is 1.84. The molecule has 1 aliphatic carbocycles. The summed E-state index contributed by atoms with van der Waals surface area (Å²) in [6, 6.07) is 9.84. The highest BCUT2D eigenvalue weighted by Crippen LogP contribution is 2.17. The number of aliphatic imine (C=N–C) groups is 1. The summed E-state index contributed by atoms with van der Waals surface area (Å²) in [4.78, 5) is 15.9. The topological polar surface area (TPSA) is 29.4 Å². The second-order valence-corrected chi connectivity index (χ2v) is 3.92. The maximum atomic E-state index is 11.5. The van der Waals surface area contributed by atoms with E-state index in [0.717, 1.165) is 24.8 Å². The van der Waals surface area contributed by atoms with Crippen molar-refractivity contribution in [3.8, 4) is 0 Å². The zero-order chi connectivity index (χ0) is 10.5. The number of benzene rings is 1. The van der Waals surface area contributed by atoms with E-state index in [1.165, 1.54) is 0 Å². The van der Waals surface area contributed by atoms with Gasteiger partial charge in [0.05, 0.1) is 0 Å². The lowest BCUT2D eigenvalue weighted by atomic mass is 9.95. The van der Waals surface area contributed by atoms with Gasteiger partial charge in [0.25, 0.3) is 0 Å². The van der Waals surface area contributed by atoms with Crippen LogP contribution in [0, 0.1) is 0 Å². The molecule has 0 heterocycles. The molecular weight excluding hydrogens is 186 g/mol. The average Bonchev–Trinajstić information content (AvgIpc) is 2.29. The minimum Gasteiger partial charge on any atom is -0.297 e. The first-order valence-corrected chi connectivity index (χ1v) is 5.47. The summed E-state index contributed by atoms with van der Waals surface area (Å²) >= 11 is 0. The van der Waals surface area contributed by atoms with Crippen molar-refractivity contribution in [1.82, 2.24) is 0 Å². The van der Waals surface area contributed by atoms with Crippen LogP contribution in [0.4, 0.5) is 0 Å². The molecule has 1 atom stereocenters. The molecule has 0 aromatic heterocycles. The number of carbonyl (C=O) groups is 1. The molecule has 1 saturated carbocycles. The van der Waals surface area contributed by atoms with Gasteiger partial charge in [0, 0.05) is 12.6 Å². The smallest absolute Gasteiger partial charge is 0.157 e. The maximum absolute atomic E-state index is 11.5. The van der Waals surface area contributed by atoms with Crippen LogP contribution >= 0.6 is 0 Å². The normalized spacial score (nSPS) is 22.1. The number of hydrogen-bond donors (Lipinski definition) is 0. The van der Waals surface area contributed by atoms with Gasteiger partial charge in [-0.2, -0.15) is 0 Å². The molecule has 0 spiro atoms. The first-order chi connectivity index (χ1) is 7.36. The Hall–Kier alpha value is -1.44. The van der Waals surface area contributed by atoms with Crippen LogP contribution in [-0.2, 0) is 4.79 Å². The van der Waals surface area contributed by atoms with Crippen LogP contribution in [0.5, 0.6) is 0 Å². The van der Waals surface area contributed by atoms with Gasteiger partial charge in [0.15, 0.2) is 5.78 Å². The Balaban J connectivity index is 2.01. The molecule has 2 heteroatoms. The Morgan fingerprint density at radius 2 is 2.00 bits per heavy atom. The predicted molar refractivity (Wildman–Crippen MR) is 61.3 cm³/mol. The Morgan fingerprint density at radius 1 is 1.20 bits per heavy atom. The van der Waals surface area contributed by atoms with E-state index < -0.39 is 0 Å². The molecule has 0 aliphatic heterocycles. The zero-order valence-corrected chi connectivity index (χ0v) is 8.73. The van der Waals surface area contributed by atoms with Crippen molar-refractivity contribution in [2.24, 2.45) is 4.99 Å². The van der Waals surface area contributed by atoms with Gasteiger partial charge < -0.3 is 0 Å². The maximum Gasteiger partial charge on any atom is 0.157 e. The summed E-state index contributed by atoms with van der Waals surface area (Å²) in [6.07, 6.45) is 5.60. The largest absolute Gasteiger partial charge is 0.297 e. The van der Waals surface area contributed by atoms with Gasteiger partial charge in [-0.3, -0.25) is 9.79 Å². The number of nitrogens with zero attached hydrogens (tertiary/aromatic N) is 1. The van der Waals surface area contributed by atoms with E-state index in [1.807, 2.05) is 36.5 Å². The number of Topliss-reactive ketones (excluding diaryl/α,β-unsaturated/α-hetero) is 1. The van der Waals surface area contributed by atoms with Crippen molar-refractivity contribution in [2.45, 2.75) is 31.7 Å². The van der Waals surface area contributed by atoms with Crippen LogP contribution < -0.4 is 0 Å². The monoisotopic (exact) mass is 201 g/mol. The van der Waals surface area contributed by atoms with Crippen molar-refractivity contribution in [3.63, 3.8) is 0 Å². The van der Waals surface area contributed by atoms with Crippen LogP contribution in [0.25, 0.3) is 0 Å². The highest BCUT2D eigenvalue weighted by molar-refractivity contribution is 5.88. The summed E-state index contributed by atoms with van der Waals surface area (Å²) in [5.41, 5.74) is 1.07. The number of carbonyl (C=O) groups excluding carboxylic acids is 1. The summed E-state index contributed by atoms with van der Waals surface area (Å²) in [5, 5.41) is 0. The molecule has 15 heavy (non-hydrogen) atoms. The third-order valence-electron chi connectivity index (χ3n) is 2.73. The van der Waals surface area contributed by atoms with Gasteiger partial charge in [0.2, 0.25) is 0 Å². The van der Waals surface area contributed by atoms with Gasteiger partial charge >= 0.3 is 0 Å². The van der Waals surface area contributed by atoms with Crippen LogP contribution in [0.15, 0.2) is 35.3 Å². The molecule has 0 saturated heterocycles. The summed E-state index contributed by atoms with van der Waals surface area (Å²) in [6.45, 7) is 0. The van der Waals surface area contributed by atoms with Crippen molar-refractivity contribution >= 4 is 12.0 Å². The van der Waals surface area contributed by atoms with Gasteiger partial charge in [-0.15, -0.1) is 0 Å². The van der Waals surface area contributed by atoms with E-state index in [9.17, 15) is 4.79 Å². The third-order valence-corrected chi connectivity index (χ3v) is 2.73. The first kappa shape index (κ1) is 10.1.